The van der Waals surface area contributed by atoms with Crippen molar-refractivity contribution in [3.05, 3.63) is 11.9 Å². The number of ether oxygens (including phenoxy) is 1. The zero-order chi connectivity index (χ0) is 10.8. The Morgan fingerprint density at radius 2 is 2.53 bits per heavy atom. The first-order valence-corrected chi connectivity index (χ1v) is 5.31. The predicted octanol–water partition coefficient (Wildman–Crippen LogP) is 0.143. The van der Waals surface area contributed by atoms with E-state index in [1.54, 1.807) is 4.68 Å². The molecule has 5 heteroatoms. The van der Waals surface area contributed by atoms with E-state index in [1.165, 1.54) is 0 Å². The molecule has 2 heterocycles. The number of rotatable bonds is 3. The van der Waals surface area contributed by atoms with E-state index in [1.807, 2.05) is 13.2 Å². The Labute approximate surface area is 89.0 Å². The van der Waals surface area contributed by atoms with E-state index in [4.69, 9.17) is 4.74 Å². The minimum absolute atomic E-state index is 0.0491. The number of aryl methyl sites for hydroxylation is 1. The highest BCUT2D eigenvalue weighted by molar-refractivity contribution is 4.96. The Kier molecular flexibility index (Phi) is 3.02. The van der Waals surface area contributed by atoms with Gasteiger partial charge in [0.15, 0.2) is 0 Å². The van der Waals surface area contributed by atoms with E-state index in [-0.39, 0.29) is 6.10 Å². The highest BCUT2D eigenvalue weighted by atomic mass is 16.5. The summed E-state index contributed by atoms with van der Waals surface area (Å²) in [4.78, 5) is 0. The van der Waals surface area contributed by atoms with Gasteiger partial charge in [-0.15, -0.1) is 5.10 Å². The maximum absolute atomic E-state index is 9.98. The number of hydrogen-bond acceptors (Lipinski definition) is 4. The maximum Gasteiger partial charge on any atom is 0.0864 e. The third-order valence-corrected chi connectivity index (χ3v) is 2.89. The molecule has 0 amide bonds. The fraction of sp³-hybridized carbons (Fsp3) is 0.800. The van der Waals surface area contributed by atoms with Crippen molar-refractivity contribution in [1.82, 2.24) is 15.0 Å². The molecule has 1 aromatic heterocycles. The molecule has 5 nitrogen and oxygen atoms in total. The summed E-state index contributed by atoms with van der Waals surface area (Å²) in [6.45, 7) is 2.86. The van der Waals surface area contributed by atoms with Gasteiger partial charge in [0, 0.05) is 26.3 Å². The second kappa shape index (κ2) is 4.28. The number of nitrogens with zero attached hydrogens (tertiary/aromatic N) is 3. The summed E-state index contributed by atoms with van der Waals surface area (Å²) in [7, 11) is 1.82. The van der Waals surface area contributed by atoms with Crippen molar-refractivity contribution >= 4 is 0 Å². The fourth-order valence-electron chi connectivity index (χ4n) is 2.03. The Morgan fingerprint density at radius 3 is 3.07 bits per heavy atom. The maximum atomic E-state index is 9.98. The average molecular weight is 211 g/mol. The van der Waals surface area contributed by atoms with Gasteiger partial charge in [0.1, 0.15) is 0 Å². The van der Waals surface area contributed by atoms with Crippen LogP contribution < -0.4 is 0 Å². The third kappa shape index (κ3) is 2.35. The van der Waals surface area contributed by atoms with Gasteiger partial charge in [-0.3, -0.25) is 4.68 Å². The molecule has 1 fully saturated rings. The van der Waals surface area contributed by atoms with Gasteiger partial charge in [-0.1, -0.05) is 12.1 Å². The molecule has 84 valence electrons. The van der Waals surface area contributed by atoms with Gasteiger partial charge in [0.05, 0.1) is 17.9 Å². The van der Waals surface area contributed by atoms with Crippen LogP contribution in [0.4, 0.5) is 0 Å². The topological polar surface area (TPSA) is 60.2 Å². The van der Waals surface area contributed by atoms with E-state index in [2.05, 4.69) is 17.2 Å². The minimum atomic E-state index is -0.473. The van der Waals surface area contributed by atoms with Crippen molar-refractivity contribution in [2.75, 3.05) is 6.61 Å². The standard InChI is InChI=1S/C10H17N3O2/c1-7-3-4-15-10(7)9(14)5-8-6-13(2)12-11-8/h6-7,9-10,14H,3-5H2,1-2H3. The highest BCUT2D eigenvalue weighted by Crippen LogP contribution is 2.24. The smallest absolute Gasteiger partial charge is 0.0864 e. The second-order valence-electron chi connectivity index (χ2n) is 4.26. The quantitative estimate of drug-likeness (QED) is 0.772. The van der Waals surface area contributed by atoms with E-state index in [9.17, 15) is 5.11 Å². The van der Waals surface area contributed by atoms with Crippen LogP contribution in [0.3, 0.4) is 0 Å². The van der Waals surface area contributed by atoms with Crippen molar-refractivity contribution in [3.63, 3.8) is 0 Å². The zero-order valence-electron chi connectivity index (χ0n) is 9.13. The summed E-state index contributed by atoms with van der Waals surface area (Å²) in [5, 5.41) is 17.8. The summed E-state index contributed by atoms with van der Waals surface area (Å²) in [5.41, 5.74) is 0.813. The van der Waals surface area contributed by atoms with E-state index >= 15 is 0 Å². The van der Waals surface area contributed by atoms with Crippen LogP contribution in [0.1, 0.15) is 19.0 Å². The van der Waals surface area contributed by atoms with Crippen LogP contribution in [0.5, 0.6) is 0 Å². The molecule has 0 spiro atoms. The SMILES string of the molecule is CC1CCOC1C(O)Cc1cn(C)nn1. The molecule has 1 aliphatic rings. The first-order valence-electron chi connectivity index (χ1n) is 5.31. The summed E-state index contributed by atoms with van der Waals surface area (Å²) >= 11 is 0. The molecule has 2 rings (SSSR count). The molecule has 3 unspecified atom stereocenters. The van der Waals surface area contributed by atoms with Crippen LogP contribution >= 0.6 is 0 Å². The number of aliphatic hydroxyl groups is 1. The molecule has 1 aromatic rings. The predicted molar refractivity (Wildman–Crippen MR) is 54.2 cm³/mol. The zero-order valence-corrected chi connectivity index (χ0v) is 9.13. The van der Waals surface area contributed by atoms with Gasteiger partial charge in [0.25, 0.3) is 0 Å². The van der Waals surface area contributed by atoms with Gasteiger partial charge in [0.2, 0.25) is 0 Å². The molecule has 0 radical (unpaired) electrons. The third-order valence-electron chi connectivity index (χ3n) is 2.89. The van der Waals surface area contributed by atoms with E-state index < -0.39 is 6.10 Å². The first kappa shape index (κ1) is 10.6. The first-order chi connectivity index (χ1) is 7.16. The number of aromatic nitrogens is 3. The molecule has 1 saturated heterocycles. The average Bonchev–Trinajstić information content (AvgIpc) is 2.75. The largest absolute Gasteiger partial charge is 0.390 e. The van der Waals surface area contributed by atoms with Gasteiger partial charge in [-0.25, -0.2) is 0 Å². The molecule has 1 N–H and O–H groups in total. The Hall–Kier alpha value is -0.940. The van der Waals surface area contributed by atoms with Crippen LogP contribution in [0.15, 0.2) is 6.20 Å². The Bertz CT molecular complexity index is 326. The van der Waals surface area contributed by atoms with E-state index in [0.717, 1.165) is 18.7 Å². The Balaban J connectivity index is 1.94. The van der Waals surface area contributed by atoms with Crippen LogP contribution in [0, 0.1) is 5.92 Å². The monoisotopic (exact) mass is 211 g/mol. The van der Waals surface area contributed by atoms with Crippen molar-refractivity contribution in [3.8, 4) is 0 Å². The van der Waals surface area contributed by atoms with Crippen LogP contribution in [0.25, 0.3) is 0 Å². The lowest BCUT2D eigenvalue weighted by atomic mass is 9.97. The lowest BCUT2D eigenvalue weighted by Gasteiger charge is -2.20. The lowest BCUT2D eigenvalue weighted by Crippen LogP contribution is -2.31. The molecule has 3 atom stereocenters. The second-order valence-corrected chi connectivity index (χ2v) is 4.26. The minimum Gasteiger partial charge on any atom is -0.390 e. The normalized spacial score (nSPS) is 28.2. The molecular formula is C10H17N3O2. The highest BCUT2D eigenvalue weighted by Gasteiger charge is 2.31. The lowest BCUT2D eigenvalue weighted by molar-refractivity contribution is -0.0161. The van der Waals surface area contributed by atoms with Gasteiger partial charge in [-0.05, 0) is 12.3 Å². The molecule has 0 aromatic carbocycles. The Morgan fingerprint density at radius 1 is 1.73 bits per heavy atom. The molecular weight excluding hydrogens is 194 g/mol. The summed E-state index contributed by atoms with van der Waals surface area (Å²) < 4.78 is 7.14. The van der Waals surface area contributed by atoms with Gasteiger partial charge < -0.3 is 9.84 Å². The summed E-state index contributed by atoms with van der Waals surface area (Å²) in [6, 6.07) is 0. The molecule has 0 aliphatic carbocycles. The molecule has 15 heavy (non-hydrogen) atoms. The van der Waals surface area contributed by atoms with Crippen LogP contribution in [-0.4, -0.2) is 38.9 Å². The van der Waals surface area contributed by atoms with E-state index in [0.29, 0.717) is 12.3 Å². The van der Waals surface area contributed by atoms with Gasteiger partial charge >= 0.3 is 0 Å². The van der Waals surface area contributed by atoms with Crippen molar-refractivity contribution in [1.29, 1.82) is 0 Å². The van der Waals surface area contributed by atoms with Gasteiger partial charge in [-0.2, -0.15) is 0 Å². The van der Waals surface area contributed by atoms with Crippen molar-refractivity contribution in [2.45, 2.75) is 32.0 Å². The number of aliphatic hydroxyl groups excluding tert-OH is 1. The van der Waals surface area contributed by atoms with Crippen LogP contribution in [0.2, 0.25) is 0 Å². The molecule has 1 aliphatic heterocycles. The molecule has 0 bridgehead atoms. The van der Waals surface area contributed by atoms with Crippen LogP contribution in [-0.2, 0) is 18.2 Å². The molecule has 0 saturated carbocycles. The number of hydrogen-bond donors (Lipinski definition) is 1. The van der Waals surface area contributed by atoms with Crippen molar-refractivity contribution < 1.29 is 9.84 Å². The fourth-order valence-corrected chi connectivity index (χ4v) is 2.03. The van der Waals surface area contributed by atoms with Crippen molar-refractivity contribution in [2.24, 2.45) is 13.0 Å². The summed E-state index contributed by atoms with van der Waals surface area (Å²) in [6.07, 6.45) is 2.85. The summed E-state index contributed by atoms with van der Waals surface area (Å²) in [5.74, 6) is 0.427.